The van der Waals surface area contributed by atoms with Crippen molar-refractivity contribution in [3.63, 3.8) is 0 Å². The molecule has 0 aliphatic carbocycles. The van der Waals surface area contributed by atoms with Gasteiger partial charge in [-0.15, -0.1) is 0 Å². The van der Waals surface area contributed by atoms with Crippen LogP contribution in [0.25, 0.3) is 0 Å². The zero-order valence-corrected chi connectivity index (χ0v) is 14.7. The number of rotatable bonds is 7. The van der Waals surface area contributed by atoms with Crippen LogP contribution in [-0.2, 0) is 0 Å². The quantitative estimate of drug-likeness (QED) is 0.832. The molecule has 2 aromatic rings. The summed E-state index contributed by atoms with van der Waals surface area (Å²) in [6, 6.07) is 13.7. The molecule has 0 spiro atoms. The van der Waals surface area contributed by atoms with Crippen LogP contribution in [0.4, 0.5) is 9.18 Å². The molecule has 0 aliphatic heterocycles. The third kappa shape index (κ3) is 5.46. The molecule has 6 heteroatoms. The van der Waals surface area contributed by atoms with Crippen LogP contribution >= 0.6 is 0 Å². The van der Waals surface area contributed by atoms with Crippen LogP contribution in [0.2, 0.25) is 0 Å². The Labute approximate surface area is 147 Å². The van der Waals surface area contributed by atoms with Crippen molar-refractivity contribution in [2.75, 3.05) is 27.7 Å². The maximum Gasteiger partial charge on any atom is 0.414 e. The number of nitrogens with zero attached hydrogens (tertiary/aromatic N) is 1. The highest BCUT2D eigenvalue weighted by Crippen LogP contribution is 2.22. The van der Waals surface area contributed by atoms with Gasteiger partial charge in [-0.25, -0.2) is 9.18 Å². The van der Waals surface area contributed by atoms with Crippen molar-refractivity contribution in [2.45, 2.75) is 12.5 Å². The van der Waals surface area contributed by atoms with Gasteiger partial charge in [0.15, 0.2) is 11.6 Å². The summed E-state index contributed by atoms with van der Waals surface area (Å²) in [5.74, 6) is 0.374. The van der Waals surface area contributed by atoms with Gasteiger partial charge in [-0.1, -0.05) is 24.3 Å². The molecule has 0 heterocycles. The topological polar surface area (TPSA) is 50.8 Å². The summed E-state index contributed by atoms with van der Waals surface area (Å²) in [5.41, 5.74) is 1.03. The van der Waals surface area contributed by atoms with Crippen LogP contribution in [0.1, 0.15) is 18.0 Å². The highest BCUT2D eigenvalue weighted by Gasteiger charge is 2.12. The molecule has 1 unspecified atom stereocenters. The van der Waals surface area contributed by atoms with Gasteiger partial charge in [0.25, 0.3) is 0 Å². The van der Waals surface area contributed by atoms with Crippen LogP contribution in [0, 0.1) is 5.82 Å². The third-order valence-electron chi connectivity index (χ3n) is 3.70. The van der Waals surface area contributed by atoms with Crippen molar-refractivity contribution in [1.29, 1.82) is 0 Å². The number of amides is 1. The highest BCUT2D eigenvalue weighted by atomic mass is 19.1. The van der Waals surface area contributed by atoms with E-state index in [0.717, 1.165) is 5.56 Å². The van der Waals surface area contributed by atoms with Crippen LogP contribution in [0.5, 0.6) is 11.5 Å². The SMILES string of the molecule is CNC(CCOc1ccccc1F)c1ccc(OC(=O)N(C)C)cc1. The van der Waals surface area contributed by atoms with Crippen LogP contribution < -0.4 is 14.8 Å². The van der Waals surface area contributed by atoms with Crippen molar-refractivity contribution in [3.05, 3.63) is 59.9 Å². The molecule has 0 saturated carbocycles. The molecule has 2 aromatic carbocycles. The number of para-hydroxylation sites is 1. The van der Waals surface area contributed by atoms with Crippen LogP contribution in [0.3, 0.4) is 0 Å². The number of ether oxygens (including phenoxy) is 2. The Balaban J connectivity index is 1.91. The molecular formula is C19H23FN2O3. The molecule has 0 aliphatic rings. The summed E-state index contributed by atoms with van der Waals surface area (Å²) in [7, 11) is 5.11. The van der Waals surface area contributed by atoms with E-state index in [1.807, 2.05) is 19.2 Å². The Morgan fingerprint density at radius 3 is 2.44 bits per heavy atom. The highest BCUT2D eigenvalue weighted by molar-refractivity contribution is 5.69. The van der Waals surface area contributed by atoms with Crippen molar-refractivity contribution in [1.82, 2.24) is 10.2 Å². The normalized spacial score (nSPS) is 11.7. The predicted octanol–water partition coefficient (Wildman–Crippen LogP) is 3.62. The fourth-order valence-corrected chi connectivity index (χ4v) is 2.29. The monoisotopic (exact) mass is 346 g/mol. The maximum atomic E-state index is 13.5. The van der Waals surface area contributed by atoms with Gasteiger partial charge in [0.2, 0.25) is 0 Å². The Morgan fingerprint density at radius 2 is 1.84 bits per heavy atom. The maximum absolute atomic E-state index is 13.5. The average molecular weight is 346 g/mol. The lowest BCUT2D eigenvalue weighted by Gasteiger charge is -2.18. The molecule has 25 heavy (non-hydrogen) atoms. The molecule has 134 valence electrons. The van der Waals surface area contributed by atoms with Crippen LogP contribution in [0.15, 0.2) is 48.5 Å². The summed E-state index contributed by atoms with van der Waals surface area (Å²) >= 11 is 0. The molecule has 0 bridgehead atoms. The number of nitrogens with one attached hydrogen (secondary N) is 1. The summed E-state index contributed by atoms with van der Waals surface area (Å²) < 4.78 is 24.2. The standard InChI is InChI=1S/C19H23FN2O3/c1-21-17(12-13-24-18-7-5-4-6-16(18)20)14-8-10-15(11-9-14)25-19(23)22(2)3/h4-11,17,21H,12-13H2,1-3H3. The molecule has 0 radical (unpaired) electrons. The Hall–Kier alpha value is -2.60. The largest absolute Gasteiger partial charge is 0.490 e. The zero-order chi connectivity index (χ0) is 18.2. The van der Waals surface area contributed by atoms with Gasteiger partial charge in [-0.05, 0) is 36.9 Å². The summed E-state index contributed by atoms with van der Waals surface area (Å²) in [6.45, 7) is 0.379. The summed E-state index contributed by atoms with van der Waals surface area (Å²) in [6.07, 6.45) is 0.248. The van der Waals surface area contributed by atoms with Gasteiger partial charge in [0.05, 0.1) is 6.61 Å². The second-order valence-electron chi connectivity index (χ2n) is 5.74. The lowest BCUT2D eigenvalue weighted by atomic mass is 10.0. The summed E-state index contributed by atoms with van der Waals surface area (Å²) in [5, 5.41) is 3.21. The molecule has 0 aromatic heterocycles. The molecule has 1 amide bonds. The number of hydrogen-bond acceptors (Lipinski definition) is 4. The average Bonchev–Trinajstić information content (AvgIpc) is 2.61. The van der Waals surface area contributed by atoms with Gasteiger partial charge in [0.1, 0.15) is 5.75 Å². The van der Waals surface area contributed by atoms with E-state index >= 15 is 0 Å². The second-order valence-corrected chi connectivity index (χ2v) is 5.74. The first-order chi connectivity index (χ1) is 12.0. The van der Waals surface area contributed by atoms with Gasteiger partial charge < -0.3 is 19.7 Å². The predicted molar refractivity (Wildman–Crippen MR) is 94.5 cm³/mol. The smallest absolute Gasteiger partial charge is 0.414 e. The number of carbonyl (C=O) groups is 1. The number of benzene rings is 2. The molecule has 5 nitrogen and oxygen atoms in total. The molecule has 0 saturated heterocycles. The second kappa shape index (κ2) is 9.03. The van der Waals surface area contributed by atoms with Gasteiger partial charge in [-0.2, -0.15) is 0 Å². The van der Waals surface area contributed by atoms with Crippen molar-refractivity contribution in [2.24, 2.45) is 0 Å². The molecular weight excluding hydrogens is 323 g/mol. The summed E-state index contributed by atoms with van der Waals surface area (Å²) in [4.78, 5) is 12.9. The zero-order valence-electron chi connectivity index (χ0n) is 14.7. The number of hydrogen-bond donors (Lipinski definition) is 1. The third-order valence-corrected chi connectivity index (χ3v) is 3.70. The molecule has 0 fully saturated rings. The van der Waals surface area contributed by atoms with Crippen molar-refractivity contribution in [3.8, 4) is 11.5 Å². The minimum Gasteiger partial charge on any atom is -0.490 e. The first-order valence-electron chi connectivity index (χ1n) is 8.05. The fraction of sp³-hybridized carbons (Fsp3) is 0.316. The van der Waals surface area contributed by atoms with Gasteiger partial charge in [-0.3, -0.25) is 0 Å². The van der Waals surface area contributed by atoms with Gasteiger partial charge in [0, 0.05) is 26.6 Å². The molecule has 1 N–H and O–H groups in total. The van der Waals surface area contributed by atoms with E-state index < -0.39 is 6.09 Å². The molecule has 2 rings (SSSR count). The molecule has 1 atom stereocenters. The van der Waals surface area contributed by atoms with E-state index in [1.165, 1.54) is 11.0 Å². The number of halogens is 1. The Morgan fingerprint density at radius 1 is 1.16 bits per heavy atom. The van der Waals surface area contributed by atoms with E-state index in [0.29, 0.717) is 18.8 Å². The lowest BCUT2D eigenvalue weighted by molar-refractivity contribution is 0.172. The van der Waals surface area contributed by atoms with E-state index in [-0.39, 0.29) is 17.6 Å². The minimum absolute atomic E-state index is 0.0466. The van der Waals surface area contributed by atoms with Gasteiger partial charge >= 0.3 is 6.09 Å². The van der Waals surface area contributed by atoms with Crippen molar-refractivity contribution >= 4 is 6.09 Å². The van der Waals surface area contributed by atoms with E-state index in [1.54, 1.807) is 44.4 Å². The first-order valence-corrected chi connectivity index (χ1v) is 8.05. The Kier molecular flexibility index (Phi) is 6.77. The van der Waals surface area contributed by atoms with E-state index in [9.17, 15) is 9.18 Å². The minimum atomic E-state index is -0.420. The first kappa shape index (κ1) is 18.7. The van der Waals surface area contributed by atoms with E-state index in [2.05, 4.69) is 5.32 Å². The number of carbonyl (C=O) groups excluding carboxylic acids is 1. The van der Waals surface area contributed by atoms with E-state index in [4.69, 9.17) is 9.47 Å². The van der Waals surface area contributed by atoms with Crippen molar-refractivity contribution < 1.29 is 18.7 Å². The van der Waals surface area contributed by atoms with Crippen LogP contribution in [-0.4, -0.2) is 38.7 Å². The lowest BCUT2D eigenvalue weighted by Crippen LogP contribution is -2.25. The Bertz CT molecular complexity index is 689. The fourth-order valence-electron chi connectivity index (χ4n) is 2.29.